The van der Waals surface area contributed by atoms with Crippen LogP contribution in [0.25, 0.3) is 6.08 Å². The van der Waals surface area contributed by atoms with Gasteiger partial charge in [0.15, 0.2) is 34.8 Å². The summed E-state index contributed by atoms with van der Waals surface area (Å²) in [7, 11) is 2.97. The third-order valence-electron chi connectivity index (χ3n) is 4.46. The molecule has 0 atom stereocenters. The van der Waals surface area contributed by atoms with Crippen molar-refractivity contribution < 1.29 is 36.2 Å². The van der Waals surface area contributed by atoms with Crippen molar-refractivity contribution in [1.82, 2.24) is 4.90 Å². The first-order valence-electron chi connectivity index (χ1n) is 8.67. The Morgan fingerprint density at radius 2 is 1.55 bits per heavy atom. The molecule has 0 bridgehead atoms. The third kappa shape index (κ3) is 4.38. The molecule has 4 nitrogen and oxygen atoms in total. The van der Waals surface area contributed by atoms with Crippen molar-refractivity contribution in [2.75, 3.05) is 20.8 Å². The second-order valence-electron chi connectivity index (χ2n) is 6.26. The monoisotopic (exact) mass is 475 g/mol. The normalized spacial score (nSPS) is 15.2. The molecule has 2 aromatic carbocycles. The molecule has 11 heteroatoms. The van der Waals surface area contributed by atoms with E-state index in [2.05, 4.69) is 0 Å². The average Bonchev–Trinajstić information content (AvgIpc) is 3.04. The predicted molar refractivity (Wildman–Crippen MR) is 109 cm³/mol. The second kappa shape index (κ2) is 9.23. The molecule has 3 rings (SSSR count). The highest BCUT2D eigenvalue weighted by atomic mass is 32.2. The van der Waals surface area contributed by atoms with Gasteiger partial charge < -0.3 is 9.47 Å². The Balaban J connectivity index is 1.82. The smallest absolute Gasteiger partial charge is 0.266 e. The Labute approximate surface area is 183 Å². The summed E-state index contributed by atoms with van der Waals surface area (Å²) in [5.74, 6) is -10.2. The zero-order valence-electron chi connectivity index (χ0n) is 16.1. The Hall–Kier alpha value is -2.66. The van der Waals surface area contributed by atoms with Gasteiger partial charge in [0.05, 0.1) is 24.7 Å². The van der Waals surface area contributed by atoms with Crippen LogP contribution in [0.4, 0.5) is 22.0 Å². The van der Waals surface area contributed by atoms with E-state index in [1.54, 1.807) is 18.2 Å². The van der Waals surface area contributed by atoms with Gasteiger partial charge in [0.2, 0.25) is 5.82 Å². The summed E-state index contributed by atoms with van der Waals surface area (Å²) in [5, 5.41) is 0. The first kappa shape index (κ1) is 23.0. The lowest BCUT2D eigenvalue weighted by Crippen LogP contribution is -2.30. The molecule has 0 saturated carbocycles. The van der Waals surface area contributed by atoms with Gasteiger partial charge in [0.1, 0.15) is 4.32 Å². The molecule has 0 spiro atoms. The van der Waals surface area contributed by atoms with Gasteiger partial charge in [-0.3, -0.25) is 9.69 Å². The minimum Gasteiger partial charge on any atom is -0.493 e. The van der Waals surface area contributed by atoms with Crippen LogP contribution in [0.3, 0.4) is 0 Å². The van der Waals surface area contributed by atoms with Crippen molar-refractivity contribution in [2.45, 2.75) is 6.42 Å². The van der Waals surface area contributed by atoms with Crippen molar-refractivity contribution in [3.8, 4) is 11.5 Å². The Kier molecular flexibility index (Phi) is 6.85. The van der Waals surface area contributed by atoms with Crippen LogP contribution >= 0.6 is 24.0 Å². The first-order chi connectivity index (χ1) is 14.7. The van der Waals surface area contributed by atoms with E-state index in [-0.39, 0.29) is 15.8 Å². The molecule has 0 aliphatic carbocycles. The zero-order valence-corrected chi connectivity index (χ0v) is 17.7. The van der Waals surface area contributed by atoms with Crippen LogP contribution < -0.4 is 9.47 Å². The van der Waals surface area contributed by atoms with E-state index in [0.717, 1.165) is 5.56 Å². The molecule has 31 heavy (non-hydrogen) atoms. The van der Waals surface area contributed by atoms with E-state index in [4.69, 9.17) is 21.7 Å². The highest BCUT2D eigenvalue weighted by Crippen LogP contribution is 2.35. The number of hydrogen-bond acceptors (Lipinski definition) is 5. The number of methoxy groups -OCH3 is 2. The summed E-state index contributed by atoms with van der Waals surface area (Å²) in [6.07, 6.45) is 0.981. The Bertz CT molecular complexity index is 1080. The number of thioether (sulfide) groups is 1. The van der Waals surface area contributed by atoms with E-state index in [9.17, 15) is 26.7 Å². The summed E-state index contributed by atoms with van der Waals surface area (Å²) in [6, 6.07) is 5.19. The summed E-state index contributed by atoms with van der Waals surface area (Å²) in [4.78, 5) is 13.6. The number of halogens is 5. The maximum Gasteiger partial charge on any atom is 0.266 e. The summed E-state index contributed by atoms with van der Waals surface area (Å²) < 4.78 is 78.4. The highest BCUT2D eigenvalue weighted by molar-refractivity contribution is 8.26. The maximum absolute atomic E-state index is 13.9. The lowest BCUT2D eigenvalue weighted by molar-refractivity contribution is -0.122. The molecule has 0 N–H and O–H groups in total. The minimum atomic E-state index is -2.27. The van der Waals surface area contributed by atoms with Crippen LogP contribution in [0.2, 0.25) is 0 Å². The molecule has 2 aromatic rings. The largest absolute Gasteiger partial charge is 0.493 e. The molecule has 0 unspecified atom stereocenters. The van der Waals surface area contributed by atoms with E-state index < -0.39 is 40.6 Å². The number of ether oxygens (including phenoxy) is 2. The van der Waals surface area contributed by atoms with Crippen molar-refractivity contribution in [2.24, 2.45) is 0 Å². The van der Waals surface area contributed by atoms with Gasteiger partial charge >= 0.3 is 0 Å². The lowest BCUT2D eigenvalue weighted by Gasteiger charge is -2.15. The van der Waals surface area contributed by atoms with Crippen LogP contribution in [-0.4, -0.2) is 35.9 Å². The predicted octanol–water partition coefficient (Wildman–Crippen LogP) is 4.84. The SMILES string of the molecule is COc1ccc(CCN2C(=O)C(=Cc3c(F)c(F)c(F)c(F)c3F)SC2=S)cc1OC. The first-order valence-corrected chi connectivity index (χ1v) is 9.89. The number of carbonyl (C=O) groups excluding carboxylic acids is 1. The molecule has 1 saturated heterocycles. The van der Waals surface area contributed by atoms with Crippen LogP contribution in [-0.2, 0) is 11.2 Å². The van der Waals surface area contributed by atoms with Crippen LogP contribution in [0, 0.1) is 29.1 Å². The van der Waals surface area contributed by atoms with Crippen molar-refractivity contribution in [1.29, 1.82) is 0 Å². The van der Waals surface area contributed by atoms with Gasteiger partial charge in [-0.15, -0.1) is 0 Å². The van der Waals surface area contributed by atoms with E-state index >= 15 is 0 Å². The fourth-order valence-electron chi connectivity index (χ4n) is 2.85. The molecule has 164 valence electrons. The maximum atomic E-state index is 13.9. The number of carbonyl (C=O) groups is 1. The molecule has 1 fully saturated rings. The highest BCUT2D eigenvalue weighted by Gasteiger charge is 2.33. The molecule has 0 aromatic heterocycles. The third-order valence-corrected chi connectivity index (χ3v) is 5.84. The molecule has 1 amide bonds. The number of rotatable bonds is 6. The van der Waals surface area contributed by atoms with E-state index in [0.29, 0.717) is 35.8 Å². The summed E-state index contributed by atoms with van der Waals surface area (Å²) in [6.45, 7) is 0.134. The quantitative estimate of drug-likeness (QED) is 0.197. The topological polar surface area (TPSA) is 38.8 Å². The van der Waals surface area contributed by atoms with E-state index in [1.807, 2.05) is 0 Å². The number of hydrogen-bond donors (Lipinski definition) is 0. The number of thiocarbonyl (C=S) groups is 1. The van der Waals surface area contributed by atoms with Gasteiger partial charge in [0, 0.05) is 6.54 Å². The molecule has 0 radical (unpaired) electrons. The van der Waals surface area contributed by atoms with Crippen LogP contribution in [0.5, 0.6) is 11.5 Å². The number of amides is 1. The summed E-state index contributed by atoms with van der Waals surface area (Å²) >= 11 is 5.85. The Morgan fingerprint density at radius 1 is 0.968 bits per heavy atom. The van der Waals surface area contributed by atoms with Gasteiger partial charge in [-0.25, -0.2) is 22.0 Å². The fraction of sp³-hybridized carbons (Fsp3) is 0.200. The van der Waals surface area contributed by atoms with Crippen molar-refractivity contribution >= 4 is 40.3 Å². The molecular formula is C20H14F5NO3S2. The van der Waals surface area contributed by atoms with Gasteiger partial charge in [-0.2, -0.15) is 0 Å². The van der Waals surface area contributed by atoms with Crippen molar-refractivity contribution in [3.63, 3.8) is 0 Å². The lowest BCUT2D eigenvalue weighted by atomic mass is 10.1. The average molecular weight is 475 g/mol. The molecule has 1 aliphatic rings. The van der Waals surface area contributed by atoms with Gasteiger partial charge in [-0.05, 0) is 30.2 Å². The Morgan fingerprint density at radius 3 is 2.13 bits per heavy atom. The fourth-order valence-corrected chi connectivity index (χ4v) is 4.14. The van der Waals surface area contributed by atoms with Crippen molar-refractivity contribution in [3.05, 3.63) is 63.3 Å². The minimum absolute atomic E-state index is 0.0978. The van der Waals surface area contributed by atoms with Crippen LogP contribution in [0.15, 0.2) is 23.1 Å². The van der Waals surface area contributed by atoms with Gasteiger partial charge in [-0.1, -0.05) is 30.0 Å². The van der Waals surface area contributed by atoms with Gasteiger partial charge in [0.25, 0.3) is 5.91 Å². The number of benzene rings is 2. The molecule has 1 aliphatic heterocycles. The summed E-state index contributed by atoms with van der Waals surface area (Å²) in [5.41, 5.74) is -0.396. The zero-order chi connectivity index (χ0) is 22.9. The molecule has 1 heterocycles. The van der Waals surface area contributed by atoms with E-state index in [1.165, 1.54) is 19.1 Å². The second-order valence-corrected chi connectivity index (χ2v) is 7.93. The number of nitrogens with zero attached hydrogens (tertiary/aromatic N) is 1. The molecular weight excluding hydrogens is 461 g/mol. The standard InChI is InChI=1S/C20H14F5NO3S2/c1-28-11-4-3-9(7-12(11)29-2)5-6-26-19(27)13(31-20(26)30)8-10-14(21)16(23)18(25)17(24)15(10)22/h3-4,7-8H,5-6H2,1-2H3. The van der Waals surface area contributed by atoms with Crippen LogP contribution in [0.1, 0.15) is 11.1 Å².